The number of likely N-dealkylation sites (N-methyl/N-ethyl adjacent to an activating group) is 1. The van der Waals surface area contributed by atoms with E-state index >= 15 is 0 Å². The number of imide groups is 1. The molecule has 0 spiro atoms. The second-order valence-corrected chi connectivity index (χ2v) is 17.4. The second kappa shape index (κ2) is 17.6. The van der Waals surface area contributed by atoms with Crippen LogP contribution in [-0.2, 0) is 19.1 Å². The molecule has 1 aliphatic carbocycles. The Morgan fingerprint density at radius 1 is 0.903 bits per heavy atom. The number of piperazine rings is 1. The summed E-state index contributed by atoms with van der Waals surface area (Å²) in [4.78, 5) is 65.9. The van der Waals surface area contributed by atoms with Crippen molar-refractivity contribution in [1.82, 2.24) is 34.6 Å². The number of rotatable bonds is 12. The maximum Gasteiger partial charge on any atom is 0.293 e. The van der Waals surface area contributed by atoms with Crippen molar-refractivity contribution >= 4 is 74.3 Å². The predicted molar refractivity (Wildman–Crippen MR) is 239 cm³/mol. The van der Waals surface area contributed by atoms with Gasteiger partial charge in [-0.1, -0.05) is 11.6 Å². The number of halogens is 1. The minimum absolute atomic E-state index is 0.1000. The number of ether oxygens (including phenoxy) is 2. The number of nitrogens with one attached hydrogen (secondary N) is 3. The van der Waals surface area contributed by atoms with Crippen LogP contribution in [0, 0.1) is 0 Å². The van der Waals surface area contributed by atoms with Gasteiger partial charge in [0.15, 0.2) is 18.2 Å². The van der Waals surface area contributed by atoms with Crippen LogP contribution in [0.25, 0.3) is 21.8 Å². The zero-order valence-electron chi connectivity index (χ0n) is 35.3. The van der Waals surface area contributed by atoms with E-state index in [1.165, 1.54) is 12.7 Å². The van der Waals surface area contributed by atoms with Gasteiger partial charge in [0.05, 0.1) is 23.9 Å². The van der Waals surface area contributed by atoms with Gasteiger partial charge in [0.2, 0.25) is 17.8 Å². The summed E-state index contributed by atoms with van der Waals surface area (Å²) in [5.74, 6) is 0.424. The molecule has 326 valence electrons. The van der Waals surface area contributed by atoms with Gasteiger partial charge < -0.3 is 39.0 Å². The van der Waals surface area contributed by atoms with Crippen LogP contribution in [0.15, 0.2) is 65.7 Å². The normalized spacial score (nSPS) is 21.3. The van der Waals surface area contributed by atoms with Gasteiger partial charge in [-0.2, -0.15) is 4.98 Å². The summed E-state index contributed by atoms with van der Waals surface area (Å²) >= 11 is 6.60. The first-order valence-corrected chi connectivity index (χ1v) is 22.0. The highest BCUT2D eigenvalue weighted by molar-refractivity contribution is 6.33. The van der Waals surface area contributed by atoms with Crippen LogP contribution in [0.1, 0.15) is 64.5 Å². The Morgan fingerprint density at radius 3 is 2.42 bits per heavy atom. The minimum atomic E-state index is -0.356. The lowest BCUT2D eigenvalue weighted by Crippen LogP contribution is -2.56. The summed E-state index contributed by atoms with van der Waals surface area (Å²) < 4.78 is 15.9. The zero-order valence-corrected chi connectivity index (χ0v) is 36.1. The van der Waals surface area contributed by atoms with E-state index in [1.54, 1.807) is 16.8 Å². The maximum absolute atomic E-state index is 13.2. The molecule has 4 fully saturated rings. The standard InChI is InChI=1S/C45H53ClN10O6/c1-27(2)56-37-6-4-30(20-29(37)22-39(44(56)60)61-26-41(58)47-3)49-42-35(46)25-48-45(51-42)54-13-11-33(12-14-54)62-34-23-32(24-34)53-18-16-52(17-19-53)31-5-7-36-28(21-31)10-15-55(36)38-8-9-40(57)50-43(38)59/h4-7,10,15,20-22,25,27,32-34,38H,8-9,11-14,16-19,23-24,26H2,1-3H3,(H,47,58)(H,48,49,51)(H,50,57,59)/t32?,34?,38-/m1/s1. The molecule has 62 heavy (non-hydrogen) atoms. The maximum atomic E-state index is 13.2. The second-order valence-electron chi connectivity index (χ2n) is 17.0. The number of aromatic nitrogens is 4. The molecule has 6 heterocycles. The molecule has 4 aliphatic rings. The fourth-order valence-electron chi connectivity index (χ4n) is 9.29. The third-order valence-electron chi connectivity index (χ3n) is 12.8. The molecule has 3 aliphatic heterocycles. The van der Waals surface area contributed by atoms with Crippen molar-refractivity contribution in [3.63, 3.8) is 0 Å². The number of piperidine rings is 2. The minimum Gasteiger partial charge on any atom is -0.478 e. The lowest BCUT2D eigenvalue weighted by atomic mass is 9.87. The van der Waals surface area contributed by atoms with Crippen molar-refractivity contribution in [2.75, 3.05) is 68.0 Å². The molecule has 0 unspecified atom stereocenters. The van der Waals surface area contributed by atoms with Crippen LogP contribution in [0.5, 0.6) is 5.75 Å². The van der Waals surface area contributed by atoms with E-state index in [4.69, 9.17) is 26.1 Å². The Morgan fingerprint density at radius 2 is 1.68 bits per heavy atom. The summed E-state index contributed by atoms with van der Waals surface area (Å²) in [7, 11) is 1.52. The smallest absolute Gasteiger partial charge is 0.293 e. The molecular weight excluding hydrogens is 812 g/mol. The van der Waals surface area contributed by atoms with Crippen molar-refractivity contribution in [2.45, 2.75) is 82.7 Å². The molecule has 0 bridgehead atoms. The number of carbonyl (C=O) groups is 3. The molecule has 1 atom stereocenters. The highest BCUT2D eigenvalue weighted by atomic mass is 35.5. The SMILES string of the molecule is CNC(=O)COc1cc2cc(Nc3nc(N4CCC(OC5CC(N6CCN(c7ccc8c(ccn8[C@@H]8CCC(=O)NC8=O)c7)CC6)C5)CC4)ncc3Cl)ccc2n(C(C)C)c1=O. The molecule has 16 nitrogen and oxygen atoms in total. The van der Waals surface area contributed by atoms with Gasteiger partial charge >= 0.3 is 0 Å². The van der Waals surface area contributed by atoms with Crippen LogP contribution in [0.3, 0.4) is 0 Å². The average Bonchev–Trinajstić information content (AvgIpc) is 3.68. The number of hydrogen-bond acceptors (Lipinski definition) is 12. The number of hydrogen-bond donors (Lipinski definition) is 3. The Hall–Kier alpha value is -5.71. The lowest BCUT2D eigenvalue weighted by molar-refractivity contribution is -0.135. The number of amides is 3. The lowest BCUT2D eigenvalue weighted by Gasteiger charge is -2.47. The Labute approximate surface area is 364 Å². The molecule has 3 N–H and O–H groups in total. The first-order valence-electron chi connectivity index (χ1n) is 21.7. The third-order valence-corrected chi connectivity index (χ3v) is 13.1. The molecule has 3 amide bonds. The Balaban J connectivity index is 0.746. The number of pyridine rings is 1. The molecule has 0 radical (unpaired) electrons. The van der Waals surface area contributed by atoms with Gasteiger partial charge in [-0.05, 0) is 94.5 Å². The first kappa shape index (κ1) is 41.6. The molecule has 3 saturated heterocycles. The number of anilines is 4. The summed E-state index contributed by atoms with van der Waals surface area (Å²) in [5, 5.41) is 10.6. The Kier molecular flexibility index (Phi) is 11.8. The van der Waals surface area contributed by atoms with Crippen LogP contribution < -0.4 is 36.0 Å². The summed E-state index contributed by atoms with van der Waals surface area (Å²) in [6.07, 6.45) is 8.85. The number of fused-ring (bicyclic) bond motifs is 2. The van der Waals surface area contributed by atoms with E-state index in [-0.39, 0.29) is 59.9 Å². The van der Waals surface area contributed by atoms with Gasteiger partial charge in [0.1, 0.15) is 11.1 Å². The third kappa shape index (κ3) is 8.55. The average molecular weight is 865 g/mol. The zero-order chi connectivity index (χ0) is 43.1. The van der Waals surface area contributed by atoms with Gasteiger partial charge in [-0.25, -0.2) is 4.98 Å². The van der Waals surface area contributed by atoms with Crippen molar-refractivity contribution in [3.05, 3.63) is 76.3 Å². The largest absolute Gasteiger partial charge is 0.478 e. The van der Waals surface area contributed by atoms with E-state index in [1.807, 2.05) is 42.8 Å². The van der Waals surface area contributed by atoms with Crippen LogP contribution in [0.2, 0.25) is 5.02 Å². The molecule has 2 aromatic carbocycles. The Bertz CT molecular complexity index is 2560. The summed E-state index contributed by atoms with van der Waals surface area (Å²) in [5.41, 5.74) is 3.38. The molecule has 3 aromatic heterocycles. The van der Waals surface area contributed by atoms with Crippen molar-refractivity contribution in [3.8, 4) is 5.75 Å². The van der Waals surface area contributed by atoms with Gasteiger partial charge in [-0.3, -0.25) is 29.4 Å². The van der Waals surface area contributed by atoms with E-state index in [9.17, 15) is 19.2 Å². The van der Waals surface area contributed by atoms with E-state index in [2.05, 4.69) is 59.9 Å². The predicted octanol–water partition coefficient (Wildman–Crippen LogP) is 5.17. The topological polar surface area (TPSA) is 168 Å². The van der Waals surface area contributed by atoms with Gasteiger partial charge in [-0.15, -0.1) is 0 Å². The van der Waals surface area contributed by atoms with Gasteiger partial charge in [0.25, 0.3) is 11.5 Å². The van der Waals surface area contributed by atoms with E-state index in [0.717, 1.165) is 92.4 Å². The van der Waals surface area contributed by atoms with Crippen LogP contribution in [0.4, 0.5) is 23.1 Å². The van der Waals surface area contributed by atoms with Crippen LogP contribution >= 0.6 is 11.6 Å². The van der Waals surface area contributed by atoms with Crippen LogP contribution in [-0.4, -0.2) is 113 Å². The van der Waals surface area contributed by atoms with Crippen molar-refractivity contribution in [1.29, 1.82) is 0 Å². The fraction of sp³-hybridized carbons (Fsp3) is 0.467. The quantitative estimate of drug-likeness (QED) is 0.141. The van der Waals surface area contributed by atoms with E-state index < -0.39 is 0 Å². The molecular formula is C45H53ClN10O6. The number of carbonyl (C=O) groups excluding carboxylic acids is 3. The molecule has 17 heteroatoms. The summed E-state index contributed by atoms with van der Waals surface area (Å²) in [6.45, 7) is 9.11. The molecule has 1 saturated carbocycles. The molecule has 5 aromatic rings. The van der Waals surface area contributed by atoms with E-state index in [0.29, 0.717) is 35.7 Å². The number of nitrogens with zero attached hydrogens (tertiary/aromatic N) is 7. The first-order chi connectivity index (χ1) is 30.0. The van der Waals surface area contributed by atoms with Crippen molar-refractivity contribution in [2.24, 2.45) is 0 Å². The van der Waals surface area contributed by atoms with Crippen molar-refractivity contribution < 1.29 is 23.9 Å². The fourth-order valence-corrected chi connectivity index (χ4v) is 9.43. The highest BCUT2D eigenvalue weighted by Gasteiger charge is 2.38. The monoisotopic (exact) mass is 864 g/mol. The van der Waals surface area contributed by atoms with Gasteiger partial charge in [0, 0.05) is 98.7 Å². The summed E-state index contributed by atoms with van der Waals surface area (Å²) in [6, 6.07) is 15.9. The highest BCUT2D eigenvalue weighted by Crippen LogP contribution is 2.35. The number of benzene rings is 2. The molecule has 9 rings (SSSR count).